The number of hydrogen-bond donors (Lipinski definition) is 0. The molecule has 0 bridgehead atoms. The Kier molecular flexibility index (Phi) is 4.68. The minimum absolute atomic E-state index is 0.326. The quantitative estimate of drug-likeness (QED) is 0.603. The Morgan fingerprint density at radius 2 is 2.07 bits per heavy atom. The van der Waals surface area contributed by atoms with Crippen LogP contribution in [0.15, 0.2) is 30.5 Å². The van der Waals surface area contributed by atoms with Crippen molar-refractivity contribution in [2.45, 2.75) is 39.2 Å². The van der Waals surface area contributed by atoms with E-state index in [4.69, 9.17) is 21.3 Å². The zero-order chi connectivity index (χ0) is 20.9. The van der Waals surface area contributed by atoms with Crippen molar-refractivity contribution in [1.29, 1.82) is 5.26 Å². The van der Waals surface area contributed by atoms with E-state index in [1.807, 2.05) is 29.6 Å². The molecule has 0 unspecified atom stereocenters. The van der Waals surface area contributed by atoms with E-state index in [-0.39, 0.29) is 0 Å². The monoisotopic (exact) mass is 421 g/mol. The van der Waals surface area contributed by atoms with E-state index in [0.29, 0.717) is 22.1 Å². The van der Waals surface area contributed by atoms with Crippen LogP contribution >= 0.6 is 11.6 Å². The van der Waals surface area contributed by atoms with E-state index in [1.54, 1.807) is 12.3 Å². The SMILES string of the molecule is Cc1nc(N2CCC3(CC2)CO[C@@H](C)C3)c2ccnn2c1-c1cccc(C#N)c1Cl. The predicted octanol–water partition coefficient (Wildman–Crippen LogP) is 4.63. The maximum atomic E-state index is 9.36. The lowest BCUT2D eigenvalue weighted by molar-refractivity contribution is 0.0976. The van der Waals surface area contributed by atoms with Crippen molar-refractivity contribution in [3.63, 3.8) is 0 Å². The lowest BCUT2D eigenvalue weighted by Gasteiger charge is -2.39. The van der Waals surface area contributed by atoms with Crippen molar-refractivity contribution in [2.24, 2.45) is 5.41 Å². The van der Waals surface area contributed by atoms with Crippen LogP contribution in [0, 0.1) is 23.7 Å². The van der Waals surface area contributed by atoms with Gasteiger partial charge in [0.25, 0.3) is 0 Å². The van der Waals surface area contributed by atoms with E-state index in [0.717, 1.165) is 67.2 Å². The lowest BCUT2D eigenvalue weighted by Crippen LogP contribution is -2.41. The van der Waals surface area contributed by atoms with E-state index in [9.17, 15) is 5.26 Å². The molecular formula is C23H24ClN5O. The zero-order valence-electron chi connectivity index (χ0n) is 17.2. The Balaban J connectivity index is 1.54. The topological polar surface area (TPSA) is 66.4 Å². The first-order chi connectivity index (χ1) is 14.5. The van der Waals surface area contributed by atoms with E-state index in [1.165, 1.54) is 0 Å². The number of ether oxygens (including phenoxy) is 1. The Morgan fingerprint density at radius 1 is 1.27 bits per heavy atom. The smallest absolute Gasteiger partial charge is 0.155 e. The fraction of sp³-hybridized carbons (Fsp3) is 0.435. The summed E-state index contributed by atoms with van der Waals surface area (Å²) in [6.45, 7) is 6.96. The molecule has 0 radical (unpaired) electrons. The highest BCUT2D eigenvalue weighted by molar-refractivity contribution is 6.34. The molecule has 7 heteroatoms. The molecule has 154 valence electrons. The summed E-state index contributed by atoms with van der Waals surface area (Å²) in [5.74, 6) is 0.961. The number of nitriles is 1. The van der Waals surface area contributed by atoms with Gasteiger partial charge in [-0.25, -0.2) is 9.50 Å². The number of nitrogens with zero attached hydrogens (tertiary/aromatic N) is 5. The number of piperidine rings is 1. The van der Waals surface area contributed by atoms with Gasteiger partial charge >= 0.3 is 0 Å². The summed E-state index contributed by atoms with van der Waals surface area (Å²) in [5.41, 5.74) is 4.18. The third-order valence-electron chi connectivity index (χ3n) is 6.59. The van der Waals surface area contributed by atoms with Crippen LogP contribution in [0.2, 0.25) is 5.02 Å². The molecule has 3 aromatic rings. The van der Waals surface area contributed by atoms with Gasteiger partial charge in [-0.05, 0) is 50.7 Å². The molecule has 0 aliphatic carbocycles. The van der Waals surface area contributed by atoms with Crippen LogP contribution in [-0.4, -0.2) is 40.4 Å². The highest BCUT2D eigenvalue weighted by Crippen LogP contribution is 2.43. The Morgan fingerprint density at radius 3 is 2.77 bits per heavy atom. The van der Waals surface area contributed by atoms with Gasteiger partial charge in [0.1, 0.15) is 11.6 Å². The largest absolute Gasteiger partial charge is 0.378 e. The second-order valence-electron chi connectivity index (χ2n) is 8.59. The van der Waals surface area contributed by atoms with Gasteiger partial charge in [-0.2, -0.15) is 10.4 Å². The van der Waals surface area contributed by atoms with Crippen LogP contribution in [0.4, 0.5) is 5.82 Å². The fourth-order valence-corrected chi connectivity index (χ4v) is 5.26. The van der Waals surface area contributed by atoms with Gasteiger partial charge in [0.2, 0.25) is 0 Å². The molecule has 2 aromatic heterocycles. The maximum Gasteiger partial charge on any atom is 0.155 e. The molecule has 2 aliphatic heterocycles. The van der Waals surface area contributed by atoms with Crippen molar-refractivity contribution in [1.82, 2.24) is 14.6 Å². The number of rotatable bonds is 2. The molecule has 30 heavy (non-hydrogen) atoms. The highest BCUT2D eigenvalue weighted by Gasteiger charge is 2.41. The second kappa shape index (κ2) is 7.26. The first kappa shape index (κ1) is 19.3. The molecule has 1 spiro atoms. The normalized spacial score (nSPS) is 20.7. The summed E-state index contributed by atoms with van der Waals surface area (Å²) in [6, 6.07) is 9.64. The lowest BCUT2D eigenvalue weighted by atomic mass is 9.77. The molecule has 2 saturated heterocycles. The molecule has 0 amide bonds. The predicted molar refractivity (Wildman–Crippen MR) is 117 cm³/mol. The van der Waals surface area contributed by atoms with Gasteiger partial charge in [-0.15, -0.1) is 0 Å². The first-order valence-corrected chi connectivity index (χ1v) is 10.8. The summed E-state index contributed by atoms with van der Waals surface area (Å²) in [5, 5.41) is 14.4. The summed E-state index contributed by atoms with van der Waals surface area (Å²) in [4.78, 5) is 7.36. The maximum absolute atomic E-state index is 9.36. The van der Waals surface area contributed by atoms with Gasteiger partial charge in [0.15, 0.2) is 5.82 Å². The number of halogens is 1. The van der Waals surface area contributed by atoms with Gasteiger partial charge in [0, 0.05) is 18.7 Å². The minimum Gasteiger partial charge on any atom is -0.378 e. The number of benzene rings is 1. The van der Waals surface area contributed by atoms with Crippen molar-refractivity contribution in [2.75, 3.05) is 24.6 Å². The van der Waals surface area contributed by atoms with Crippen LogP contribution in [0.1, 0.15) is 37.4 Å². The molecule has 4 heterocycles. The number of aryl methyl sites for hydroxylation is 1. The van der Waals surface area contributed by atoms with Gasteiger partial charge in [0.05, 0.1) is 40.9 Å². The van der Waals surface area contributed by atoms with E-state index >= 15 is 0 Å². The molecule has 6 nitrogen and oxygen atoms in total. The number of anilines is 1. The van der Waals surface area contributed by atoms with Crippen molar-refractivity contribution < 1.29 is 4.74 Å². The third kappa shape index (κ3) is 3.05. The van der Waals surface area contributed by atoms with Crippen LogP contribution in [0.25, 0.3) is 16.8 Å². The molecular weight excluding hydrogens is 398 g/mol. The van der Waals surface area contributed by atoms with Crippen LogP contribution in [0.5, 0.6) is 0 Å². The molecule has 0 N–H and O–H groups in total. The van der Waals surface area contributed by atoms with Crippen LogP contribution in [-0.2, 0) is 4.74 Å². The van der Waals surface area contributed by atoms with Crippen molar-refractivity contribution in [3.8, 4) is 17.3 Å². The number of aromatic nitrogens is 3. The van der Waals surface area contributed by atoms with Crippen molar-refractivity contribution >= 4 is 22.9 Å². The molecule has 1 aromatic carbocycles. The van der Waals surface area contributed by atoms with Crippen LogP contribution in [0.3, 0.4) is 0 Å². The summed E-state index contributed by atoms with van der Waals surface area (Å²) in [6.07, 6.45) is 5.56. The number of hydrogen-bond acceptors (Lipinski definition) is 5. The Labute approximate surface area is 181 Å². The Bertz CT molecular complexity index is 1160. The molecule has 5 rings (SSSR count). The van der Waals surface area contributed by atoms with Gasteiger partial charge in [-0.1, -0.05) is 23.7 Å². The van der Waals surface area contributed by atoms with Gasteiger partial charge < -0.3 is 9.64 Å². The second-order valence-corrected chi connectivity index (χ2v) is 8.97. The average Bonchev–Trinajstić information content (AvgIpc) is 3.36. The molecule has 2 fully saturated rings. The molecule has 2 aliphatic rings. The average molecular weight is 422 g/mol. The zero-order valence-corrected chi connectivity index (χ0v) is 18.0. The van der Waals surface area contributed by atoms with Crippen molar-refractivity contribution in [3.05, 3.63) is 46.7 Å². The summed E-state index contributed by atoms with van der Waals surface area (Å²) in [7, 11) is 0. The van der Waals surface area contributed by atoms with E-state index in [2.05, 4.69) is 23.0 Å². The third-order valence-corrected chi connectivity index (χ3v) is 7.00. The standard InChI is InChI=1S/C23H24ClN5O/c1-15-12-23(14-30-15)7-10-28(11-8-23)22-19-6-9-26-29(19)21(16(2)27-22)18-5-3-4-17(13-25)20(18)24/h3-6,9,15H,7-8,10-12,14H2,1-2H3/t15-/m0/s1. The first-order valence-electron chi connectivity index (χ1n) is 10.4. The van der Waals surface area contributed by atoms with Crippen LogP contribution < -0.4 is 4.90 Å². The molecule has 0 saturated carbocycles. The minimum atomic E-state index is 0.326. The summed E-state index contributed by atoms with van der Waals surface area (Å²) >= 11 is 6.54. The summed E-state index contributed by atoms with van der Waals surface area (Å²) < 4.78 is 7.78. The fourth-order valence-electron chi connectivity index (χ4n) is 5.00. The molecule has 1 atom stereocenters. The van der Waals surface area contributed by atoms with E-state index < -0.39 is 0 Å². The van der Waals surface area contributed by atoms with Gasteiger partial charge in [-0.3, -0.25) is 0 Å². The highest BCUT2D eigenvalue weighted by atomic mass is 35.5. The Hall–Kier alpha value is -2.62. The number of fused-ring (bicyclic) bond motifs is 1.